The van der Waals surface area contributed by atoms with E-state index in [0.29, 0.717) is 31.5 Å². The van der Waals surface area contributed by atoms with Gasteiger partial charge in [0.2, 0.25) is 0 Å². The molecule has 1 saturated heterocycles. The number of aliphatic hydroxyl groups is 2. The molecule has 5 rings (SSSR count). The SMILES string of the molecule is O=C1CC[C@@]2(O)[C@H]3CC4=C(C[C@@H](O)CC4)[C@@]2(CCN3CC2CC2)C1. The highest BCUT2D eigenvalue weighted by Crippen LogP contribution is 2.62. The fraction of sp³-hybridized carbons (Fsp3) is 0.850. The third-order valence-corrected chi connectivity index (χ3v) is 7.78. The van der Waals surface area contributed by atoms with Gasteiger partial charge in [0.25, 0.3) is 0 Å². The molecule has 1 heterocycles. The number of rotatable bonds is 2. The lowest BCUT2D eigenvalue weighted by Crippen LogP contribution is -2.71. The van der Waals surface area contributed by atoms with Crippen molar-refractivity contribution < 1.29 is 15.0 Å². The Hall–Kier alpha value is -0.710. The van der Waals surface area contributed by atoms with Crippen molar-refractivity contribution in [2.45, 2.75) is 82.0 Å². The summed E-state index contributed by atoms with van der Waals surface area (Å²) in [6.45, 7) is 2.13. The quantitative estimate of drug-likeness (QED) is 0.762. The predicted octanol–water partition coefficient (Wildman–Crippen LogP) is 2.19. The summed E-state index contributed by atoms with van der Waals surface area (Å²) in [5.41, 5.74) is 1.61. The first-order valence-corrected chi connectivity index (χ1v) is 9.89. The van der Waals surface area contributed by atoms with Crippen LogP contribution in [0.3, 0.4) is 0 Å². The van der Waals surface area contributed by atoms with Gasteiger partial charge in [0.1, 0.15) is 5.78 Å². The molecular weight excluding hydrogens is 302 g/mol. The van der Waals surface area contributed by atoms with Crippen LogP contribution in [0.5, 0.6) is 0 Å². The second-order valence-corrected chi connectivity index (χ2v) is 9.11. The van der Waals surface area contributed by atoms with Crippen molar-refractivity contribution in [3.63, 3.8) is 0 Å². The Balaban J connectivity index is 1.59. The van der Waals surface area contributed by atoms with Gasteiger partial charge < -0.3 is 10.2 Å². The standard InChI is InChI=1S/C20H29NO3/c22-15-4-3-14-9-18-20(24)6-5-16(23)11-19(20,17(14)10-15)7-8-21(18)12-13-1-2-13/h13,15,18,22,24H,1-12H2/t15-,18+,19+,20+/m0/s1. The van der Waals surface area contributed by atoms with Crippen molar-refractivity contribution in [3.8, 4) is 0 Å². The van der Waals surface area contributed by atoms with E-state index < -0.39 is 5.60 Å². The summed E-state index contributed by atoms with van der Waals surface area (Å²) in [4.78, 5) is 14.9. The Morgan fingerprint density at radius 2 is 1.96 bits per heavy atom. The molecule has 4 aliphatic carbocycles. The van der Waals surface area contributed by atoms with Gasteiger partial charge in [-0.15, -0.1) is 0 Å². The number of aliphatic hydroxyl groups excluding tert-OH is 1. The van der Waals surface area contributed by atoms with Crippen molar-refractivity contribution in [2.75, 3.05) is 13.1 Å². The molecule has 0 aromatic rings. The van der Waals surface area contributed by atoms with Gasteiger partial charge in [-0.2, -0.15) is 0 Å². The highest BCUT2D eigenvalue weighted by Gasteiger charge is 2.65. The van der Waals surface area contributed by atoms with Crippen LogP contribution in [-0.2, 0) is 4.79 Å². The lowest BCUT2D eigenvalue weighted by molar-refractivity contribution is -0.191. The molecule has 0 aromatic carbocycles. The minimum atomic E-state index is -0.760. The number of ketones is 1. The van der Waals surface area contributed by atoms with Crippen LogP contribution in [0.15, 0.2) is 11.1 Å². The smallest absolute Gasteiger partial charge is 0.134 e. The molecule has 2 N–H and O–H groups in total. The molecule has 2 bridgehead atoms. The van der Waals surface area contributed by atoms with Gasteiger partial charge in [-0.25, -0.2) is 0 Å². The summed E-state index contributed by atoms with van der Waals surface area (Å²) >= 11 is 0. The highest BCUT2D eigenvalue weighted by molar-refractivity contribution is 5.81. The summed E-state index contributed by atoms with van der Waals surface area (Å²) in [6, 6.07) is 0.189. The topological polar surface area (TPSA) is 60.8 Å². The molecule has 5 aliphatic rings. The van der Waals surface area contributed by atoms with Crippen LogP contribution in [0.25, 0.3) is 0 Å². The van der Waals surface area contributed by atoms with Gasteiger partial charge in [-0.1, -0.05) is 11.1 Å². The van der Waals surface area contributed by atoms with E-state index in [2.05, 4.69) is 4.90 Å². The van der Waals surface area contributed by atoms with Crippen molar-refractivity contribution in [1.29, 1.82) is 0 Å². The molecule has 0 spiro atoms. The summed E-state index contributed by atoms with van der Waals surface area (Å²) in [6.07, 6.45) is 8.36. The third-order valence-electron chi connectivity index (χ3n) is 7.78. The van der Waals surface area contributed by atoms with Crippen LogP contribution in [-0.4, -0.2) is 51.7 Å². The van der Waals surface area contributed by atoms with Gasteiger partial charge in [-0.3, -0.25) is 9.69 Å². The zero-order valence-electron chi connectivity index (χ0n) is 14.5. The summed E-state index contributed by atoms with van der Waals surface area (Å²) in [7, 11) is 0. The fourth-order valence-corrected chi connectivity index (χ4v) is 6.36. The largest absolute Gasteiger partial charge is 0.393 e. The molecule has 1 aliphatic heterocycles. The Bertz CT molecular complexity index is 610. The van der Waals surface area contributed by atoms with Crippen LogP contribution in [0.1, 0.15) is 64.2 Å². The first kappa shape index (κ1) is 15.5. The molecule has 0 amide bonds. The van der Waals surface area contributed by atoms with Gasteiger partial charge in [0, 0.05) is 30.8 Å². The maximum atomic E-state index is 12.4. The molecule has 0 unspecified atom stereocenters. The Kier molecular flexibility index (Phi) is 3.33. The van der Waals surface area contributed by atoms with E-state index in [1.807, 2.05) is 0 Å². The van der Waals surface area contributed by atoms with Crippen LogP contribution in [0.2, 0.25) is 0 Å². The second kappa shape index (κ2) is 5.15. The fourth-order valence-electron chi connectivity index (χ4n) is 6.36. The van der Waals surface area contributed by atoms with Crippen molar-refractivity contribution >= 4 is 5.78 Å². The van der Waals surface area contributed by atoms with Crippen LogP contribution < -0.4 is 0 Å². The average molecular weight is 331 g/mol. The first-order chi connectivity index (χ1) is 11.5. The number of carbonyl (C=O) groups excluding carboxylic acids is 1. The number of hydrogen-bond acceptors (Lipinski definition) is 4. The molecule has 24 heavy (non-hydrogen) atoms. The molecule has 0 radical (unpaired) electrons. The molecular formula is C20H29NO3. The maximum Gasteiger partial charge on any atom is 0.134 e. The van der Waals surface area contributed by atoms with E-state index in [9.17, 15) is 15.0 Å². The van der Waals surface area contributed by atoms with E-state index in [1.54, 1.807) is 0 Å². The van der Waals surface area contributed by atoms with E-state index in [-0.39, 0.29) is 17.6 Å². The Labute approximate surface area is 143 Å². The van der Waals surface area contributed by atoms with Crippen LogP contribution in [0.4, 0.5) is 0 Å². The first-order valence-electron chi connectivity index (χ1n) is 9.89. The number of hydrogen-bond donors (Lipinski definition) is 2. The van der Waals surface area contributed by atoms with Crippen LogP contribution >= 0.6 is 0 Å². The van der Waals surface area contributed by atoms with E-state index in [1.165, 1.54) is 24.0 Å². The predicted molar refractivity (Wildman–Crippen MR) is 90.4 cm³/mol. The van der Waals surface area contributed by atoms with E-state index in [4.69, 9.17) is 0 Å². The zero-order valence-corrected chi connectivity index (χ0v) is 14.5. The van der Waals surface area contributed by atoms with Gasteiger partial charge >= 0.3 is 0 Å². The molecule has 2 saturated carbocycles. The van der Waals surface area contributed by atoms with Gasteiger partial charge in [0.05, 0.1) is 11.7 Å². The average Bonchev–Trinajstić information content (AvgIpc) is 3.36. The molecule has 0 aromatic heterocycles. The number of nitrogens with zero attached hydrogens (tertiary/aromatic N) is 1. The van der Waals surface area contributed by atoms with Crippen molar-refractivity contribution in [1.82, 2.24) is 4.90 Å². The summed E-state index contributed by atoms with van der Waals surface area (Å²) in [5.74, 6) is 1.14. The minimum absolute atomic E-state index is 0.189. The normalized spacial score (nSPS) is 45.8. The lowest BCUT2D eigenvalue weighted by Gasteiger charge is -2.65. The van der Waals surface area contributed by atoms with Crippen LogP contribution in [0, 0.1) is 11.3 Å². The maximum absolute atomic E-state index is 12.4. The van der Waals surface area contributed by atoms with Gasteiger partial charge in [-0.05, 0) is 63.8 Å². The number of likely N-dealkylation sites (tertiary alicyclic amines) is 1. The molecule has 3 fully saturated rings. The monoisotopic (exact) mass is 331 g/mol. The Morgan fingerprint density at radius 1 is 1.12 bits per heavy atom. The molecule has 4 nitrogen and oxygen atoms in total. The lowest BCUT2D eigenvalue weighted by atomic mass is 9.47. The molecule has 4 atom stereocenters. The van der Waals surface area contributed by atoms with Crippen molar-refractivity contribution in [3.05, 3.63) is 11.1 Å². The molecule has 132 valence electrons. The van der Waals surface area contributed by atoms with E-state index >= 15 is 0 Å². The number of carbonyl (C=O) groups is 1. The zero-order chi connectivity index (χ0) is 16.5. The highest BCUT2D eigenvalue weighted by atomic mass is 16.3. The van der Waals surface area contributed by atoms with Crippen molar-refractivity contribution in [2.24, 2.45) is 11.3 Å². The van der Waals surface area contributed by atoms with E-state index in [0.717, 1.165) is 44.7 Å². The second-order valence-electron chi connectivity index (χ2n) is 9.11. The molecule has 4 heteroatoms. The minimum Gasteiger partial charge on any atom is -0.393 e. The number of piperidine rings is 1. The van der Waals surface area contributed by atoms with Gasteiger partial charge in [0.15, 0.2) is 0 Å². The third kappa shape index (κ3) is 2.06. The summed E-state index contributed by atoms with van der Waals surface area (Å²) in [5, 5.41) is 22.1. The number of Topliss-reactive ketones (excluding diaryl/α,β-unsaturated/α-hetero) is 1. The summed E-state index contributed by atoms with van der Waals surface area (Å²) < 4.78 is 0. The Morgan fingerprint density at radius 3 is 2.75 bits per heavy atom.